The summed E-state index contributed by atoms with van der Waals surface area (Å²) in [5, 5.41) is 8.24. The van der Waals surface area contributed by atoms with Gasteiger partial charge in [0.2, 0.25) is 5.95 Å². The molecule has 0 amide bonds. The number of aryl methyl sites for hydroxylation is 2. The number of hydrogen-bond donors (Lipinski definition) is 2. The number of nitrogens with two attached hydrogens (primary N) is 1. The fraction of sp³-hybridized carbons (Fsp3) is 0.273. The van der Waals surface area contributed by atoms with Gasteiger partial charge in [0, 0.05) is 59.5 Å². The van der Waals surface area contributed by atoms with E-state index in [1.165, 1.54) is 0 Å². The molecular weight excluding hydrogens is 398 g/mol. The lowest BCUT2D eigenvalue weighted by Crippen LogP contribution is -2.22. The van der Waals surface area contributed by atoms with Gasteiger partial charge in [-0.25, -0.2) is 9.97 Å². The summed E-state index contributed by atoms with van der Waals surface area (Å²) in [5.74, 6) is 1.35. The van der Waals surface area contributed by atoms with Crippen molar-refractivity contribution in [2.24, 2.45) is 17.8 Å². The zero-order valence-corrected chi connectivity index (χ0v) is 18.2. The first kappa shape index (κ1) is 20.1. The number of nitrogens with one attached hydrogen (secondary N) is 1. The van der Waals surface area contributed by atoms with Crippen LogP contribution in [0.5, 0.6) is 0 Å². The molecule has 8 heteroatoms. The minimum atomic E-state index is 0.208. The Bertz CT molecular complexity index is 1160. The van der Waals surface area contributed by atoms with Gasteiger partial charge < -0.3 is 11.1 Å². The molecule has 154 valence electrons. The van der Waals surface area contributed by atoms with E-state index in [2.05, 4.69) is 27.3 Å². The molecule has 4 rings (SSSR count). The molecule has 1 unspecified atom stereocenters. The molecule has 0 saturated heterocycles. The van der Waals surface area contributed by atoms with Crippen LogP contribution in [0.25, 0.3) is 5.57 Å². The second-order valence-corrected chi connectivity index (χ2v) is 7.88. The standard InChI is InChI=1S/C22H24ClN7/c1-12-9-17(24)19(20(25-3)14-7-5-6-8-16(14)23)21-15(12)11-26-22(28-21)27-18-10-13(2)30(4)29-18/h5-8,10-12H,9,24H2,1-4H3,(H,26,27,28,29). The molecule has 2 heterocycles. The van der Waals surface area contributed by atoms with Gasteiger partial charge >= 0.3 is 0 Å². The third-order valence-corrected chi connectivity index (χ3v) is 5.70. The molecule has 1 aliphatic carbocycles. The quantitative estimate of drug-likeness (QED) is 0.615. The van der Waals surface area contributed by atoms with Gasteiger partial charge in [0.15, 0.2) is 5.82 Å². The summed E-state index contributed by atoms with van der Waals surface area (Å²) in [6, 6.07) is 9.57. The maximum Gasteiger partial charge on any atom is 0.228 e. The van der Waals surface area contributed by atoms with Crippen LogP contribution in [-0.4, -0.2) is 32.5 Å². The van der Waals surface area contributed by atoms with Crippen molar-refractivity contribution in [3.8, 4) is 0 Å². The Kier molecular flexibility index (Phi) is 5.30. The zero-order chi connectivity index (χ0) is 21.4. The maximum atomic E-state index is 6.53. The van der Waals surface area contributed by atoms with Gasteiger partial charge in [-0.1, -0.05) is 36.7 Å². The third kappa shape index (κ3) is 3.57. The second kappa shape index (κ2) is 7.91. The number of halogens is 1. The number of nitrogens with zero attached hydrogens (tertiary/aromatic N) is 5. The Morgan fingerprint density at radius 1 is 1.33 bits per heavy atom. The molecule has 0 fully saturated rings. The molecule has 3 aromatic rings. The van der Waals surface area contributed by atoms with Crippen molar-refractivity contribution in [3.05, 3.63) is 69.8 Å². The highest BCUT2D eigenvalue weighted by molar-refractivity contribution is 6.40. The summed E-state index contributed by atoms with van der Waals surface area (Å²) in [6.45, 7) is 4.11. The van der Waals surface area contributed by atoms with E-state index in [9.17, 15) is 0 Å². The lowest BCUT2D eigenvalue weighted by Gasteiger charge is -2.26. The summed E-state index contributed by atoms with van der Waals surface area (Å²) in [5.41, 5.74) is 12.5. The highest BCUT2D eigenvalue weighted by Gasteiger charge is 2.29. The fourth-order valence-corrected chi connectivity index (χ4v) is 3.95. The van der Waals surface area contributed by atoms with Gasteiger partial charge in [0.1, 0.15) is 0 Å². The first-order valence-electron chi connectivity index (χ1n) is 9.74. The van der Waals surface area contributed by atoms with Crippen molar-refractivity contribution in [2.75, 3.05) is 12.4 Å². The fourth-order valence-electron chi connectivity index (χ4n) is 3.73. The van der Waals surface area contributed by atoms with Crippen LogP contribution in [0.1, 0.15) is 41.8 Å². The van der Waals surface area contributed by atoms with E-state index in [1.807, 2.05) is 50.5 Å². The molecule has 30 heavy (non-hydrogen) atoms. The highest BCUT2D eigenvalue weighted by Crippen LogP contribution is 2.38. The largest absolute Gasteiger partial charge is 0.401 e. The SMILES string of the molecule is CN=C(C1=C(N)CC(C)c2cnc(Nc3cc(C)n(C)n3)nc21)c1ccccc1Cl. The third-order valence-electron chi connectivity index (χ3n) is 5.38. The Morgan fingerprint density at radius 2 is 2.10 bits per heavy atom. The normalized spacial score (nSPS) is 16.6. The number of allylic oxidation sites excluding steroid dienone is 2. The summed E-state index contributed by atoms with van der Waals surface area (Å²) in [6.07, 6.45) is 2.57. The van der Waals surface area contributed by atoms with Crippen molar-refractivity contribution in [1.29, 1.82) is 0 Å². The molecule has 0 radical (unpaired) electrons. The van der Waals surface area contributed by atoms with Crippen LogP contribution in [0.15, 0.2) is 47.2 Å². The summed E-state index contributed by atoms with van der Waals surface area (Å²) >= 11 is 6.48. The van der Waals surface area contributed by atoms with Crippen LogP contribution in [0.4, 0.5) is 11.8 Å². The average Bonchev–Trinajstić information content (AvgIpc) is 3.02. The van der Waals surface area contributed by atoms with Crippen molar-refractivity contribution < 1.29 is 0 Å². The Labute approximate surface area is 180 Å². The molecule has 2 aromatic heterocycles. The van der Waals surface area contributed by atoms with Crippen LogP contribution in [-0.2, 0) is 7.05 Å². The molecule has 0 saturated carbocycles. The minimum Gasteiger partial charge on any atom is -0.401 e. The van der Waals surface area contributed by atoms with Crippen molar-refractivity contribution in [1.82, 2.24) is 19.7 Å². The zero-order valence-electron chi connectivity index (χ0n) is 17.4. The molecule has 0 spiro atoms. The number of fused-ring (bicyclic) bond motifs is 1. The number of rotatable bonds is 4. The van der Waals surface area contributed by atoms with E-state index in [1.54, 1.807) is 11.7 Å². The Hall–Kier alpha value is -3.19. The van der Waals surface area contributed by atoms with Crippen LogP contribution in [0, 0.1) is 6.92 Å². The summed E-state index contributed by atoms with van der Waals surface area (Å²) in [7, 11) is 3.64. The molecule has 1 aromatic carbocycles. The van der Waals surface area contributed by atoms with Gasteiger partial charge in [0.05, 0.1) is 11.4 Å². The summed E-state index contributed by atoms with van der Waals surface area (Å²) < 4.78 is 1.80. The van der Waals surface area contributed by atoms with E-state index in [0.717, 1.165) is 39.5 Å². The Balaban J connectivity index is 1.82. The van der Waals surface area contributed by atoms with Crippen LogP contribution >= 0.6 is 11.6 Å². The molecule has 0 aliphatic heterocycles. The predicted molar refractivity (Wildman–Crippen MR) is 121 cm³/mol. The maximum absolute atomic E-state index is 6.53. The molecule has 3 N–H and O–H groups in total. The lowest BCUT2D eigenvalue weighted by molar-refractivity contribution is 0.720. The number of hydrogen-bond acceptors (Lipinski definition) is 6. The number of anilines is 2. The van der Waals surface area contributed by atoms with E-state index in [4.69, 9.17) is 22.3 Å². The van der Waals surface area contributed by atoms with Crippen LogP contribution in [0.3, 0.4) is 0 Å². The molecule has 7 nitrogen and oxygen atoms in total. The van der Waals surface area contributed by atoms with E-state index in [0.29, 0.717) is 23.2 Å². The smallest absolute Gasteiger partial charge is 0.228 e. The molecule has 0 bridgehead atoms. The monoisotopic (exact) mass is 421 g/mol. The average molecular weight is 422 g/mol. The van der Waals surface area contributed by atoms with E-state index < -0.39 is 0 Å². The van der Waals surface area contributed by atoms with E-state index in [-0.39, 0.29) is 5.92 Å². The minimum absolute atomic E-state index is 0.208. The van der Waals surface area contributed by atoms with Gasteiger partial charge in [-0.3, -0.25) is 9.67 Å². The predicted octanol–water partition coefficient (Wildman–Crippen LogP) is 4.21. The molecule has 1 aliphatic rings. The number of benzene rings is 1. The van der Waals surface area contributed by atoms with Crippen molar-refractivity contribution in [3.63, 3.8) is 0 Å². The van der Waals surface area contributed by atoms with Crippen LogP contribution < -0.4 is 11.1 Å². The van der Waals surface area contributed by atoms with Gasteiger partial charge in [-0.2, -0.15) is 5.10 Å². The topological polar surface area (TPSA) is 94.0 Å². The Morgan fingerprint density at radius 3 is 2.77 bits per heavy atom. The highest BCUT2D eigenvalue weighted by atomic mass is 35.5. The van der Waals surface area contributed by atoms with Gasteiger partial charge in [-0.05, 0) is 25.3 Å². The molecule has 1 atom stereocenters. The van der Waals surface area contributed by atoms with Crippen molar-refractivity contribution in [2.45, 2.75) is 26.2 Å². The number of aliphatic imine (C=N–C) groups is 1. The second-order valence-electron chi connectivity index (χ2n) is 7.47. The first-order valence-corrected chi connectivity index (χ1v) is 10.1. The first-order chi connectivity index (χ1) is 14.4. The van der Waals surface area contributed by atoms with Gasteiger partial charge in [-0.15, -0.1) is 0 Å². The summed E-state index contributed by atoms with van der Waals surface area (Å²) in [4.78, 5) is 13.9. The molecular formula is C22H24ClN7. The van der Waals surface area contributed by atoms with Gasteiger partial charge in [0.25, 0.3) is 0 Å². The van der Waals surface area contributed by atoms with Crippen LogP contribution in [0.2, 0.25) is 5.02 Å². The van der Waals surface area contributed by atoms with E-state index >= 15 is 0 Å². The number of aromatic nitrogens is 4. The van der Waals surface area contributed by atoms with Crippen molar-refractivity contribution >= 4 is 34.7 Å². The lowest BCUT2D eigenvalue weighted by atomic mass is 9.83.